The molecule has 1 amide bonds. The Morgan fingerprint density at radius 2 is 1.78 bits per heavy atom. The second-order valence-electron chi connectivity index (χ2n) is 4.24. The second kappa shape index (κ2) is 5.39. The lowest BCUT2D eigenvalue weighted by atomic mass is 10.0. The summed E-state index contributed by atoms with van der Waals surface area (Å²) in [6.45, 7) is 3.35. The number of hydrogen-bond donors (Lipinski definition) is 4. The quantitative estimate of drug-likeness (QED) is 0.597. The number of carboxylic acid groups (broad SMARTS) is 1. The molecule has 0 aliphatic carbocycles. The molecule has 0 radical (unpaired) electrons. The smallest absolute Gasteiger partial charge is 0.326 e. The number of phenols is 2. The molecule has 0 aliphatic rings. The van der Waals surface area contributed by atoms with Crippen LogP contribution < -0.4 is 5.32 Å². The third-order valence-corrected chi connectivity index (χ3v) is 2.46. The third kappa shape index (κ3) is 3.13. The van der Waals surface area contributed by atoms with Gasteiger partial charge in [0.1, 0.15) is 6.04 Å². The number of aliphatic carboxylic acids is 1. The SMILES string of the molecule is CC(C)C(NC(=O)c1ccc(O)c(O)c1)C(=O)O. The van der Waals surface area contributed by atoms with Gasteiger partial charge < -0.3 is 20.6 Å². The van der Waals surface area contributed by atoms with Crippen molar-refractivity contribution in [2.75, 3.05) is 0 Å². The number of carboxylic acids is 1. The molecule has 0 aromatic heterocycles. The van der Waals surface area contributed by atoms with Gasteiger partial charge in [-0.3, -0.25) is 4.79 Å². The van der Waals surface area contributed by atoms with Gasteiger partial charge in [-0.1, -0.05) is 13.8 Å². The van der Waals surface area contributed by atoms with Crippen molar-refractivity contribution in [2.45, 2.75) is 19.9 Å². The summed E-state index contributed by atoms with van der Waals surface area (Å²) in [6, 6.07) is 2.52. The first-order chi connectivity index (χ1) is 8.32. The molecule has 98 valence electrons. The van der Waals surface area contributed by atoms with Gasteiger partial charge in [0.25, 0.3) is 5.91 Å². The van der Waals surface area contributed by atoms with Crippen molar-refractivity contribution < 1.29 is 24.9 Å². The number of carbonyl (C=O) groups is 2. The summed E-state index contributed by atoms with van der Waals surface area (Å²) >= 11 is 0. The molecule has 0 spiro atoms. The van der Waals surface area contributed by atoms with Crippen molar-refractivity contribution in [3.8, 4) is 11.5 Å². The van der Waals surface area contributed by atoms with Crippen molar-refractivity contribution >= 4 is 11.9 Å². The van der Waals surface area contributed by atoms with Crippen LogP contribution >= 0.6 is 0 Å². The molecule has 6 nitrogen and oxygen atoms in total. The van der Waals surface area contributed by atoms with E-state index in [2.05, 4.69) is 5.32 Å². The highest BCUT2D eigenvalue weighted by atomic mass is 16.4. The van der Waals surface area contributed by atoms with E-state index in [1.807, 2.05) is 0 Å². The van der Waals surface area contributed by atoms with Crippen molar-refractivity contribution in [3.63, 3.8) is 0 Å². The molecule has 1 atom stereocenters. The van der Waals surface area contributed by atoms with E-state index in [1.165, 1.54) is 6.07 Å². The van der Waals surface area contributed by atoms with Crippen LogP contribution in [0.1, 0.15) is 24.2 Å². The first-order valence-corrected chi connectivity index (χ1v) is 5.38. The highest BCUT2D eigenvalue weighted by molar-refractivity contribution is 5.97. The maximum Gasteiger partial charge on any atom is 0.326 e. The Labute approximate surface area is 104 Å². The van der Waals surface area contributed by atoms with Crippen LogP contribution in [0.5, 0.6) is 11.5 Å². The Kier molecular flexibility index (Phi) is 4.14. The zero-order chi connectivity index (χ0) is 13.9. The van der Waals surface area contributed by atoms with E-state index in [9.17, 15) is 14.7 Å². The monoisotopic (exact) mass is 253 g/mol. The minimum absolute atomic E-state index is 0.0807. The van der Waals surface area contributed by atoms with Gasteiger partial charge in [-0.2, -0.15) is 0 Å². The molecule has 0 heterocycles. The highest BCUT2D eigenvalue weighted by Gasteiger charge is 2.24. The number of hydrogen-bond acceptors (Lipinski definition) is 4. The van der Waals surface area contributed by atoms with Gasteiger partial charge >= 0.3 is 5.97 Å². The fraction of sp³-hybridized carbons (Fsp3) is 0.333. The predicted molar refractivity (Wildman–Crippen MR) is 63.5 cm³/mol. The molecule has 4 N–H and O–H groups in total. The first kappa shape index (κ1) is 13.8. The average Bonchev–Trinajstić information content (AvgIpc) is 2.28. The van der Waals surface area contributed by atoms with Crippen molar-refractivity contribution in [2.24, 2.45) is 5.92 Å². The fourth-order valence-corrected chi connectivity index (χ4v) is 1.40. The van der Waals surface area contributed by atoms with Crippen LogP contribution in [0.25, 0.3) is 0 Å². The molecule has 0 saturated carbocycles. The predicted octanol–water partition coefficient (Wildman–Crippen LogP) is 0.937. The molecule has 6 heteroatoms. The Bertz CT molecular complexity index is 470. The van der Waals surface area contributed by atoms with Gasteiger partial charge in [0.2, 0.25) is 0 Å². The molecule has 1 unspecified atom stereocenters. The summed E-state index contributed by atoms with van der Waals surface area (Å²) < 4.78 is 0. The normalized spacial score (nSPS) is 12.2. The molecule has 0 aliphatic heterocycles. The van der Waals surface area contributed by atoms with Crippen LogP contribution in [0.15, 0.2) is 18.2 Å². The number of nitrogens with one attached hydrogen (secondary N) is 1. The third-order valence-electron chi connectivity index (χ3n) is 2.46. The molecule has 0 fully saturated rings. The van der Waals surface area contributed by atoms with E-state index >= 15 is 0 Å². The van der Waals surface area contributed by atoms with E-state index in [4.69, 9.17) is 10.2 Å². The van der Waals surface area contributed by atoms with Crippen molar-refractivity contribution in [3.05, 3.63) is 23.8 Å². The second-order valence-corrected chi connectivity index (χ2v) is 4.24. The molecule has 1 aromatic rings. The molecule has 0 bridgehead atoms. The van der Waals surface area contributed by atoms with Gasteiger partial charge in [0.05, 0.1) is 0 Å². The zero-order valence-electron chi connectivity index (χ0n) is 10.0. The Balaban J connectivity index is 2.87. The van der Waals surface area contributed by atoms with Crippen LogP contribution in [-0.4, -0.2) is 33.2 Å². The summed E-state index contributed by atoms with van der Waals surface area (Å²) in [5, 5.41) is 29.6. The van der Waals surface area contributed by atoms with E-state index in [1.54, 1.807) is 13.8 Å². The molecule has 1 rings (SSSR count). The van der Waals surface area contributed by atoms with Gasteiger partial charge in [-0.25, -0.2) is 4.79 Å². The minimum Gasteiger partial charge on any atom is -0.504 e. The lowest BCUT2D eigenvalue weighted by Crippen LogP contribution is -2.44. The number of carbonyl (C=O) groups excluding carboxylic acids is 1. The highest BCUT2D eigenvalue weighted by Crippen LogP contribution is 2.24. The summed E-state index contributed by atoms with van der Waals surface area (Å²) in [5.74, 6) is -2.78. The van der Waals surface area contributed by atoms with Crippen LogP contribution in [0.3, 0.4) is 0 Å². The lowest BCUT2D eigenvalue weighted by molar-refractivity contribution is -0.140. The number of phenolic OH excluding ortho intramolecular Hbond substituents is 2. The molecular weight excluding hydrogens is 238 g/mol. The van der Waals surface area contributed by atoms with Gasteiger partial charge in [-0.05, 0) is 24.1 Å². The van der Waals surface area contributed by atoms with E-state index in [0.717, 1.165) is 12.1 Å². The summed E-state index contributed by atoms with van der Waals surface area (Å²) in [4.78, 5) is 22.7. The van der Waals surface area contributed by atoms with Gasteiger partial charge in [0.15, 0.2) is 11.5 Å². The van der Waals surface area contributed by atoms with Gasteiger partial charge in [-0.15, -0.1) is 0 Å². The van der Waals surface area contributed by atoms with E-state index in [-0.39, 0.29) is 17.2 Å². The van der Waals surface area contributed by atoms with Crippen LogP contribution in [0.2, 0.25) is 0 Å². The molecule has 18 heavy (non-hydrogen) atoms. The fourth-order valence-electron chi connectivity index (χ4n) is 1.40. The lowest BCUT2D eigenvalue weighted by Gasteiger charge is -2.17. The number of benzene rings is 1. The Morgan fingerprint density at radius 3 is 2.22 bits per heavy atom. The number of amides is 1. The Hall–Kier alpha value is -2.24. The van der Waals surface area contributed by atoms with Crippen LogP contribution in [-0.2, 0) is 4.79 Å². The van der Waals surface area contributed by atoms with Crippen LogP contribution in [0.4, 0.5) is 0 Å². The topological polar surface area (TPSA) is 107 Å². The number of rotatable bonds is 4. The minimum atomic E-state index is -1.12. The van der Waals surface area contributed by atoms with Gasteiger partial charge in [0, 0.05) is 5.56 Å². The first-order valence-electron chi connectivity index (χ1n) is 5.38. The Morgan fingerprint density at radius 1 is 1.17 bits per heavy atom. The summed E-state index contributed by atoms with van der Waals surface area (Å²) in [5.41, 5.74) is 0.0807. The summed E-state index contributed by atoms with van der Waals surface area (Å²) in [6.07, 6.45) is 0. The zero-order valence-corrected chi connectivity index (χ0v) is 10.0. The maximum absolute atomic E-state index is 11.8. The van der Waals surface area contributed by atoms with Crippen molar-refractivity contribution in [1.82, 2.24) is 5.32 Å². The molecule has 1 aromatic carbocycles. The van der Waals surface area contributed by atoms with E-state index in [0.29, 0.717) is 0 Å². The average molecular weight is 253 g/mol. The largest absolute Gasteiger partial charge is 0.504 e. The maximum atomic E-state index is 11.8. The standard InChI is InChI=1S/C12H15NO5/c1-6(2)10(12(17)18)13-11(16)7-3-4-8(14)9(15)5-7/h3-6,10,14-15H,1-2H3,(H,13,16)(H,17,18). The summed E-state index contributed by atoms with van der Waals surface area (Å²) in [7, 11) is 0. The molecule has 0 saturated heterocycles. The molecular formula is C12H15NO5. The van der Waals surface area contributed by atoms with Crippen molar-refractivity contribution in [1.29, 1.82) is 0 Å². The number of aromatic hydroxyl groups is 2. The van der Waals surface area contributed by atoms with E-state index < -0.39 is 23.7 Å². The van der Waals surface area contributed by atoms with Crippen LogP contribution in [0, 0.1) is 5.92 Å².